The van der Waals surface area contributed by atoms with E-state index in [1.165, 1.54) is 17.6 Å². The predicted molar refractivity (Wildman–Crippen MR) is 147 cm³/mol. The number of nitrogens with one attached hydrogen (secondary N) is 1. The Morgan fingerprint density at radius 1 is 1.31 bits per heavy atom. The van der Waals surface area contributed by atoms with Crippen molar-refractivity contribution in [3.8, 4) is 0 Å². The summed E-state index contributed by atoms with van der Waals surface area (Å²) in [5.41, 5.74) is 4.53. The smallest absolute Gasteiger partial charge is 0.304 e. The Morgan fingerprint density at radius 2 is 2.03 bits per heavy atom. The number of carbonyl (C=O) groups is 2. The second-order valence-electron chi connectivity index (χ2n) is 10.8. The molecule has 36 heavy (non-hydrogen) atoms. The molecule has 0 radical (unpaired) electrons. The standard InChI is InChI=1S/C19H27NO4S.C10H15N/c1-11(10-25)6-12-7-15(8-12)19-17(13-2-3-13)18(20-24-19)14(4-5-21)9-16(22)23;1-8-5-4-6-10(11-3)9(2)7-8/h5,11-15,25H,2-4,6-10H2,1H3,(H,22,23);4-7,10-11H,1-3H3. The van der Waals surface area contributed by atoms with E-state index in [-0.39, 0.29) is 18.8 Å². The fraction of sp³-hybridized carbons (Fsp3) is 0.621. The summed E-state index contributed by atoms with van der Waals surface area (Å²) in [6.45, 7) is 6.50. The van der Waals surface area contributed by atoms with Gasteiger partial charge in [0.05, 0.1) is 12.1 Å². The second-order valence-corrected chi connectivity index (χ2v) is 11.2. The predicted octanol–water partition coefficient (Wildman–Crippen LogP) is 6.19. The maximum atomic E-state index is 11.2. The van der Waals surface area contributed by atoms with Gasteiger partial charge in [0.1, 0.15) is 12.0 Å². The van der Waals surface area contributed by atoms with E-state index in [0.717, 1.165) is 60.7 Å². The Labute approximate surface area is 221 Å². The van der Waals surface area contributed by atoms with Gasteiger partial charge in [0.25, 0.3) is 0 Å². The molecule has 4 rings (SSSR count). The van der Waals surface area contributed by atoms with Gasteiger partial charge in [-0.25, -0.2) is 0 Å². The van der Waals surface area contributed by atoms with Crippen molar-refractivity contribution in [1.29, 1.82) is 0 Å². The van der Waals surface area contributed by atoms with Crippen molar-refractivity contribution < 1.29 is 19.2 Å². The van der Waals surface area contributed by atoms with Crippen LogP contribution in [-0.2, 0) is 9.59 Å². The number of carboxylic acid groups (broad SMARTS) is 1. The maximum Gasteiger partial charge on any atom is 0.304 e. The third-order valence-electron chi connectivity index (χ3n) is 7.53. The van der Waals surface area contributed by atoms with Crippen LogP contribution in [0.3, 0.4) is 0 Å². The molecule has 2 saturated carbocycles. The number of likely N-dealkylation sites (N-methyl/N-ethyl adjacent to an activating group) is 1. The van der Waals surface area contributed by atoms with Crippen LogP contribution in [0.15, 0.2) is 40.0 Å². The monoisotopic (exact) mass is 514 g/mol. The van der Waals surface area contributed by atoms with Gasteiger partial charge in [0.2, 0.25) is 0 Å². The first-order valence-corrected chi connectivity index (χ1v) is 13.9. The van der Waals surface area contributed by atoms with Crippen LogP contribution >= 0.6 is 12.6 Å². The average Bonchev–Trinajstić information content (AvgIpc) is 3.58. The molecule has 7 heteroatoms. The number of rotatable bonds is 11. The summed E-state index contributed by atoms with van der Waals surface area (Å²) in [5, 5.41) is 16.6. The van der Waals surface area contributed by atoms with Crippen molar-refractivity contribution in [2.75, 3.05) is 12.8 Å². The van der Waals surface area contributed by atoms with E-state index in [4.69, 9.17) is 9.63 Å². The van der Waals surface area contributed by atoms with Crippen molar-refractivity contribution in [2.45, 2.75) is 89.5 Å². The zero-order valence-corrected chi connectivity index (χ0v) is 23.0. The maximum absolute atomic E-state index is 11.2. The van der Waals surface area contributed by atoms with Gasteiger partial charge in [-0.3, -0.25) is 4.79 Å². The van der Waals surface area contributed by atoms with Crippen LogP contribution in [0.4, 0.5) is 0 Å². The molecule has 2 fully saturated rings. The average molecular weight is 515 g/mol. The lowest BCUT2D eigenvalue weighted by molar-refractivity contribution is -0.137. The van der Waals surface area contributed by atoms with Crippen molar-refractivity contribution in [3.63, 3.8) is 0 Å². The lowest BCUT2D eigenvalue weighted by Gasteiger charge is -2.35. The Bertz CT molecular complexity index is 985. The van der Waals surface area contributed by atoms with Gasteiger partial charge in [-0.05, 0) is 76.5 Å². The molecular weight excluding hydrogens is 472 g/mol. The summed E-state index contributed by atoms with van der Waals surface area (Å²) >= 11 is 4.36. The van der Waals surface area contributed by atoms with Crippen LogP contribution in [0.2, 0.25) is 0 Å². The summed E-state index contributed by atoms with van der Waals surface area (Å²) in [4.78, 5) is 22.1. The Hall–Kier alpha value is -2.12. The van der Waals surface area contributed by atoms with Crippen LogP contribution in [0.5, 0.6) is 0 Å². The van der Waals surface area contributed by atoms with Crippen LogP contribution in [-0.4, -0.2) is 41.4 Å². The summed E-state index contributed by atoms with van der Waals surface area (Å²) < 4.78 is 5.72. The molecule has 0 bridgehead atoms. The number of carbonyl (C=O) groups excluding carboxylic acids is 1. The highest BCUT2D eigenvalue weighted by molar-refractivity contribution is 7.80. The number of nitrogens with zero attached hydrogens (tertiary/aromatic N) is 1. The van der Waals surface area contributed by atoms with E-state index >= 15 is 0 Å². The van der Waals surface area contributed by atoms with Crippen LogP contribution in [0, 0.1) is 11.8 Å². The largest absolute Gasteiger partial charge is 0.481 e. The molecule has 6 nitrogen and oxygen atoms in total. The van der Waals surface area contributed by atoms with E-state index in [1.54, 1.807) is 0 Å². The molecule has 3 atom stereocenters. The number of allylic oxidation sites excluding steroid dienone is 4. The molecule has 0 spiro atoms. The van der Waals surface area contributed by atoms with Crippen molar-refractivity contribution >= 4 is 24.9 Å². The van der Waals surface area contributed by atoms with Crippen molar-refractivity contribution in [3.05, 3.63) is 52.5 Å². The first kappa shape index (κ1) is 28.5. The molecule has 198 valence electrons. The van der Waals surface area contributed by atoms with Gasteiger partial charge in [-0.15, -0.1) is 0 Å². The van der Waals surface area contributed by atoms with Gasteiger partial charge in [-0.2, -0.15) is 12.6 Å². The zero-order valence-electron chi connectivity index (χ0n) is 22.1. The van der Waals surface area contributed by atoms with Crippen LogP contribution in [0.1, 0.15) is 100 Å². The number of hydrogen-bond acceptors (Lipinski definition) is 6. The number of hydrogen-bond donors (Lipinski definition) is 3. The van der Waals surface area contributed by atoms with Gasteiger partial charge in [-0.1, -0.05) is 47.5 Å². The van der Waals surface area contributed by atoms with Crippen LogP contribution in [0.25, 0.3) is 0 Å². The normalized spacial score (nSPS) is 24.9. The van der Waals surface area contributed by atoms with Crippen LogP contribution < -0.4 is 5.32 Å². The molecule has 0 amide bonds. The minimum atomic E-state index is -0.900. The highest BCUT2D eigenvalue weighted by Gasteiger charge is 2.41. The number of aliphatic carboxylic acids is 1. The van der Waals surface area contributed by atoms with Gasteiger partial charge >= 0.3 is 5.97 Å². The molecule has 1 heterocycles. The third kappa shape index (κ3) is 7.69. The third-order valence-corrected chi connectivity index (χ3v) is 8.15. The fourth-order valence-electron chi connectivity index (χ4n) is 5.39. The molecule has 3 aliphatic rings. The lowest BCUT2D eigenvalue weighted by Crippen LogP contribution is -2.24. The van der Waals surface area contributed by atoms with Gasteiger partial charge < -0.3 is 19.7 Å². The van der Waals surface area contributed by atoms with E-state index in [0.29, 0.717) is 23.8 Å². The quantitative estimate of drug-likeness (QED) is 0.241. The number of carboxylic acids is 1. The summed E-state index contributed by atoms with van der Waals surface area (Å²) in [6, 6.07) is 0.406. The number of aromatic nitrogens is 1. The molecule has 1 aromatic rings. The molecule has 3 aliphatic carbocycles. The van der Waals surface area contributed by atoms with E-state index in [9.17, 15) is 9.59 Å². The Balaban J connectivity index is 0.000000275. The lowest BCUT2D eigenvalue weighted by atomic mass is 9.69. The molecule has 0 aromatic carbocycles. The molecule has 0 saturated heterocycles. The minimum absolute atomic E-state index is 0.0722. The molecule has 1 aromatic heterocycles. The number of aldehydes is 1. The molecule has 3 unspecified atom stereocenters. The first-order chi connectivity index (χ1) is 17.3. The highest BCUT2D eigenvalue weighted by Crippen LogP contribution is 2.52. The Kier molecular flexibility index (Phi) is 10.6. The summed E-state index contributed by atoms with van der Waals surface area (Å²) in [5.74, 6) is 2.81. The molecule has 2 N–H and O–H groups in total. The summed E-state index contributed by atoms with van der Waals surface area (Å²) in [6.07, 6.45) is 15.1. The summed E-state index contributed by atoms with van der Waals surface area (Å²) in [7, 11) is 1.98. The van der Waals surface area contributed by atoms with E-state index in [2.05, 4.69) is 68.2 Å². The molecular formula is C29H42N2O4S. The minimum Gasteiger partial charge on any atom is -0.481 e. The van der Waals surface area contributed by atoms with Gasteiger partial charge in [0, 0.05) is 29.9 Å². The molecule has 0 aliphatic heterocycles. The van der Waals surface area contributed by atoms with E-state index < -0.39 is 5.97 Å². The highest BCUT2D eigenvalue weighted by atomic mass is 32.1. The first-order valence-electron chi connectivity index (χ1n) is 13.2. The van der Waals surface area contributed by atoms with Gasteiger partial charge in [0.15, 0.2) is 0 Å². The Morgan fingerprint density at radius 3 is 2.61 bits per heavy atom. The van der Waals surface area contributed by atoms with Crippen molar-refractivity contribution in [1.82, 2.24) is 10.5 Å². The van der Waals surface area contributed by atoms with Crippen molar-refractivity contribution in [2.24, 2.45) is 11.8 Å². The number of thiol groups is 1. The SMILES string of the molecule is CC(CS)CC1CC(c2onc(C(CC=O)CC(=O)O)c2C2CC2)C1.CNC1C=CC=C(C)C=C1C. The fourth-order valence-corrected chi connectivity index (χ4v) is 5.54. The van der Waals surface area contributed by atoms with E-state index in [1.807, 2.05) is 7.05 Å². The second kappa shape index (κ2) is 13.4. The zero-order chi connectivity index (χ0) is 26.2. The topological polar surface area (TPSA) is 92.4 Å².